The molecule has 0 spiro atoms. The van der Waals surface area contributed by atoms with Crippen LogP contribution >= 0.6 is 0 Å². The Morgan fingerprint density at radius 1 is 1.30 bits per heavy atom. The van der Waals surface area contributed by atoms with Crippen molar-refractivity contribution in [2.24, 2.45) is 0 Å². The zero-order valence-electron chi connectivity index (χ0n) is 11.6. The van der Waals surface area contributed by atoms with Crippen molar-refractivity contribution in [2.45, 2.75) is 20.0 Å². The van der Waals surface area contributed by atoms with Gasteiger partial charge in [-0.1, -0.05) is 23.4 Å². The van der Waals surface area contributed by atoms with Crippen LogP contribution in [0.4, 0.5) is 0 Å². The van der Waals surface area contributed by atoms with Gasteiger partial charge in [0.05, 0.1) is 12.3 Å². The maximum atomic E-state index is 5.76. The summed E-state index contributed by atoms with van der Waals surface area (Å²) < 4.78 is 16.2. The highest BCUT2D eigenvalue weighted by Crippen LogP contribution is 2.23. The molecule has 1 saturated heterocycles. The van der Waals surface area contributed by atoms with E-state index >= 15 is 0 Å². The third kappa shape index (κ3) is 2.91. The van der Waals surface area contributed by atoms with Crippen molar-refractivity contribution >= 4 is 12.2 Å². The lowest BCUT2D eigenvalue weighted by molar-refractivity contribution is 0.262. The molecule has 0 radical (unpaired) electrons. The van der Waals surface area contributed by atoms with E-state index in [-0.39, 0.29) is 6.10 Å². The molecule has 0 aliphatic carbocycles. The third-order valence-corrected chi connectivity index (χ3v) is 3.35. The second-order valence-electron chi connectivity index (χ2n) is 4.89. The highest BCUT2D eigenvalue weighted by Gasteiger charge is 2.23. The van der Waals surface area contributed by atoms with Gasteiger partial charge in [0.2, 0.25) is 0 Å². The number of epoxide rings is 1. The normalized spacial score (nSPS) is 17.6. The second kappa shape index (κ2) is 5.51. The summed E-state index contributed by atoms with van der Waals surface area (Å²) in [6.07, 6.45) is 4.16. The van der Waals surface area contributed by atoms with Gasteiger partial charge in [0.15, 0.2) is 5.76 Å². The molecule has 104 valence electrons. The molecule has 20 heavy (non-hydrogen) atoms. The Labute approximate surface area is 118 Å². The van der Waals surface area contributed by atoms with Crippen molar-refractivity contribution < 1.29 is 14.0 Å². The Balaban J connectivity index is 1.77. The first kappa shape index (κ1) is 12.9. The minimum Gasteiger partial charge on any atom is -0.490 e. The number of rotatable bonds is 5. The van der Waals surface area contributed by atoms with Crippen LogP contribution in [0.25, 0.3) is 12.2 Å². The zero-order chi connectivity index (χ0) is 13.9. The van der Waals surface area contributed by atoms with Gasteiger partial charge in [-0.3, -0.25) is 0 Å². The van der Waals surface area contributed by atoms with Crippen LogP contribution in [-0.2, 0) is 4.74 Å². The van der Waals surface area contributed by atoms with Gasteiger partial charge < -0.3 is 14.0 Å². The number of hydrogen-bond acceptors (Lipinski definition) is 4. The molecule has 0 saturated carbocycles. The summed E-state index contributed by atoms with van der Waals surface area (Å²) in [6, 6.07) is 7.92. The molecule has 0 bridgehead atoms. The van der Waals surface area contributed by atoms with E-state index in [1.54, 1.807) is 0 Å². The van der Waals surface area contributed by atoms with Crippen LogP contribution in [-0.4, -0.2) is 24.5 Å². The van der Waals surface area contributed by atoms with E-state index in [4.69, 9.17) is 14.0 Å². The van der Waals surface area contributed by atoms with Crippen LogP contribution < -0.4 is 4.74 Å². The fourth-order valence-electron chi connectivity index (χ4n) is 1.85. The highest BCUT2D eigenvalue weighted by molar-refractivity contribution is 5.71. The van der Waals surface area contributed by atoms with Gasteiger partial charge in [0.25, 0.3) is 0 Å². The molecule has 1 unspecified atom stereocenters. The smallest absolute Gasteiger partial charge is 0.162 e. The van der Waals surface area contributed by atoms with E-state index in [1.807, 2.05) is 50.3 Å². The van der Waals surface area contributed by atoms with Gasteiger partial charge in [0, 0.05) is 11.1 Å². The molecule has 1 aliphatic rings. The first-order valence-corrected chi connectivity index (χ1v) is 6.68. The summed E-state index contributed by atoms with van der Waals surface area (Å²) in [4.78, 5) is 0. The number of aryl methyl sites for hydroxylation is 1. The lowest BCUT2D eigenvalue weighted by atomic mass is 10.1. The minimum absolute atomic E-state index is 0.256. The largest absolute Gasteiger partial charge is 0.490 e. The molecule has 2 aromatic rings. The molecular formula is C16H17NO3. The van der Waals surface area contributed by atoms with E-state index in [9.17, 15) is 0 Å². The topological polar surface area (TPSA) is 47.8 Å². The van der Waals surface area contributed by atoms with Crippen LogP contribution in [0.5, 0.6) is 5.75 Å². The first-order chi connectivity index (χ1) is 9.74. The standard InChI is InChI=1S/C16H17NO3/c1-11-12(2)17-20-15(11)8-7-13-5-3-4-6-16(13)19-10-14-9-18-14/h3-8,14H,9-10H2,1-2H3. The van der Waals surface area contributed by atoms with E-state index < -0.39 is 0 Å². The van der Waals surface area contributed by atoms with Crippen molar-refractivity contribution in [3.05, 3.63) is 46.8 Å². The van der Waals surface area contributed by atoms with Gasteiger partial charge in [-0.15, -0.1) is 0 Å². The van der Waals surface area contributed by atoms with Crippen molar-refractivity contribution in [2.75, 3.05) is 13.2 Å². The van der Waals surface area contributed by atoms with Crippen LogP contribution in [0.15, 0.2) is 28.8 Å². The molecule has 1 aliphatic heterocycles. The fraction of sp³-hybridized carbons (Fsp3) is 0.312. The summed E-state index contributed by atoms with van der Waals surface area (Å²) in [5, 5.41) is 3.94. The molecule has 1 atom stereocenters. The average molecular weight is 271 g/mol. The second-order valence-corrected chi connectivity index (χ2v) is 4.89. The van der Waals surface area contributed by atoms with Gasteiger partial charge in [-0.25, -0.2) is 0 Å². The van der Waals surface area contributed by atoms with Crippen LogP contribution in [0.3, 0.4) is 0 Å². The van der Waals surface area contributed by atoms with Crippen LogP contribution in [0.2, 0.25) is 0 Å². The predicted octanol–water partition coefficient (Wildman–Crippen LogP) is 3.24. The third-order valence-electron chi connectivity index (χ3n) is 3.35. The van der Waals surface area contributed by atoms with Crippen LogP contribution in [0.1, 0.15) is 22.6 Å². The molecular weight excluding hydrogens is 254 g/mol. The molecule has 0 amide bonds. The predicted molar refractivity (Wildman–Crippen MR) is 76.6 cm³/mol. The molecule has 2 heterocycles. The van der Waals surface area contributed by atoms with E-state index in [0.29, 0.717) is 6.61 Å². The number of para-hydroxylation sites is 1. The van der Waals surface area contributed by atoms with Gasteiger partial charge in [0.1, 0.15) is 18.5 Å². The quantitative estimate of drug-likeness (QED) is 0.783. The van der Waals surface area contributed by atoms with Crippen molar-refractivity contribution in [1.82, 2.24) is 5.16 Å². The number of aromatic nitrogens is 1. The Morgan fingerprint density at radius 2 is 2.10 bits per heavy atom. The SMILES string of the molecule is Cc1noc(C=Cc2ccccc2OCC2CO2)c1C. The maximum absolute atomic E-state index is 5.76. The summed E-state index contributed by atoms with van der Waals surface area (Å²) in [6.45, 7) is 5.33. The van der Waals surface area contributed by atoms with Crippen molar-refractivity contribution in [3.8, 4) is 5.75 Å². The number of nitrogens with zero attached hydrogens (tertiary/aromatic N) is 1. The average Bonchev–Trinajstić information content (AvgIpc) is 3.24. The fourth-order valence-corrected chi connectivity index (χ4v) is 1.85. The number of hydrogen-bond donors (Lipinski definition) is 0. The summed E-state index contributed by atoms with van der Waals surface area (Å²) in [5.74, 6) is 1.64. The molecule has 4 nitrogen and oxygen atoms in total. The van der Waals surface area contributed by atoms with E-state index in [0.717, 1.165) is 34.9 Å². The van der Waals surface area contributed by atoms with Crippen molar-refractivity contribution in [3.63, 3.8) is 0 Å². The van der Waals surface area contributed by atoms with Gasteiger partial charge >= 0.3 is 0 Å². The summed E-state index contributed by atoms with van der Waals surface area (Å²) >= 11 is 0. The monoisotopic (exact) mass is 271 g/mol. The number of ether oxygens (including phenoxy) is 2. The lowest BCUT2D eigenvalue weighted by Gasteiger charge is -2.07. The Hall–Kier alpha value is -2.07. The zero-order valence-corrected chi connectivity index (χ0v) is 11.6. The van der Waals surface area contributed by atoms with Crippen LogP contribution in [0, 0.1) is 13.8 Å². The van der Waals surface area contributed by atoms with Gasteiger partial charge in [-0.2, -0.15) is 0 Å². The molecule has 1 fully saturated rings. The maximum Gasteiger partial charge on any atom is 0.162 e. The molecule has 1 aromatic heterocycles. The molecule has 4 heteroatoms. The molecule has 1 aromatic carbocycles. The van der Waals surface area contributed by atoms with Crippen molar-refractivity contribution in [1.29, 1.82) is 0 Å². The molecule has 0 N–H and O–H groups in total. The summed E-state index contributed by atoms with van der Waals surface area (Å²) in [7, 11) is 0. The highest BCUT2D eigenvalue weighted by atomic mass is 16.6. The van der Waals surface area contributed by atoms with E-state index in [2.05, 4.69) is 5.16 Å². The number of benzene rings is 1. The minimum atomic E-state index is 0.256. The first-order valence-electron chi connectivity index (χ1n) is 6.68. The van der Waals surface area contributed by atoms with Gasteiger partial charge in [-0.05, 0) is 32.1 Å². The molecule has 3 rings (SSSR count). The Bertz CT molecular complexity index is 626. The Morgan fingerprint density at radius 3 is 2.80 bits per heavy atom. The van der Waals surface area contributed by atoms with E-state index in [1.165, 1.54) is 0 Å². The lowest BCUT2D eigenvalue weighted by Crippen LogP contribution is -2.04. The Kier molecular flexibility index (Phi) is 3.56. The summed E-state index contributed by atoms with van der Waals surface area (Å²) in [5.41, 5.74) is 2.99.